The number of rotatable bonds is 1. The van der Waals surface area contributed by atoms with Gasteiger partial charge in [0.1, 0.15) is 0 Å². The number of allylic oxidation sites excluding steroid dienone is 5. The minimum Gasteiger partial charge on any atom is -1.00 e. The van der Waals surface area contributed by atoms with Gasteiger partial charge in [-0.25, -0.2) is 6.08 Å². The van der Waals surface area contributed by atoms with Crippen LogP contribution in [0, 0.1) is 6.08 Å². The summed E-state index contributed by atoms with van der Waals surface area (Å²) in [6.07, 6.45) is 13.2. The van der Waals surface area contributed by atoms with Gasteiger partial charge in [-0.15, -0.1) is 11.6 Å². The number of hydrogen-bond acceptors (Lipinski definition) is 0. The van der Waals surface area contributed by atoms with Gasteiger partial charge in [0, 0.05) is 0 Å². The molecule has 0 fully saturated rings. The van der Waals surface area contributed by atoms with Crippen molar-refractivity contribution in [3.63, 3.8) is 0 Å². The van der Waals surface area contributed by atoms with E-state index < -0.39 is 0 Å². The summed E-state index contributed by atoms with van der Waals surface area (Å²) in [4.78, 5) is 0. The molecule has 3 heteroatoms. The Hall–Kier alpha value is -0.0969. The fraction of sp³-hybridized carbons (Fsp3) is 0.143. The average Bonchev–Trinajstić information content (AvgIpc) is 2.85. The first kappa shape index (κ1) is 16.9. The Bertz CT molecular complexity index is 461. The van der Waals surface area contributed by atoms with Gasteiger partial charge >= 0.3 is 26.2 Å². The molecule has 2 aliphatic rings. The normalized spacial score (nSPS) is 18.6. The Balaban J connectivity index is 0.000000853. The van der Waals surface area contributed by atoms with Crippen LogP contribution in [0.2, 0.25) is 0 Å². The van der Waals surface area contributed by atoms with Crippen molar-refractivity contribution < 1.29 is 51.0 Å². The summed E-state index contributed by atoms with van der Waals surface area (Å²) in [7, 11) is 0. The van der Waals surface area contributed by atoms with Crippen molar-refractivity contribution in [2.45, 2.75) is 12.3 Å². The van der Waals surface area contributed by atoms with Gasteiger partial charge in [-0.05, 0) is 6.42 Å². The summed E-state index contributed by atoms with van der Waals surface area (Å²) in [5, 5.41) is 0. The van der Waals surface area contributed by atoms with Gasteiger partial charge in [0.25, 0.3) is 0 Å². The molecule has 1 unspecified atom stereocenters. The van der Waals surface area contributed by atoms with Crippen LogP contribution in [-0.4, -0.2) is 0 Å². The van der Waals surface area contributed by atoms with Crippen LogP contribution in [0.25, 0.3) is 6.08 Å². The average molecular weight is 341 g/mol. The van der Waals surface area contributed by atoms with Crippen LogP contribution in [-0.2, 0) is 26.2 Å². The summed E-state index contributed by atoms with van der Waals surface area (Å²) in [5.41, 5.74) is 4.19. The molecule has 0 heterocycles. The first-order chi connectivity index (χ1) is 6.95. The van der Waals surface area contributed by atoms with Gasteiger partial charge in [0.15, 0.2) is 0 Å². The Morgan fingerprint density at radius 1 is 1.12 bits per heavy atom. The molecular weight excluding hydrogens is 330 g/mol. The van der Waals surface area contributed by atoms with Crippen molar-refractivity contribution in [2.24, 2.45) is 0 Å². The number of fused-ring (bicyclic) bond motifs is 1. The molecule has 1 atom stereocenters. The molecule has 1 aromatic carbocycles. The topological polar surface area (TPSA) is 0 Å². The monoisotopic (exact) mass is 339 g/mol. The summed E-state index contributed by atoms with van der Waals surface area (Å²) < 4.78 is 0. The molecule has 0 saturated heterocycles. The van der Waals surface area contributed by atoms with E-state index in [4.69, 9.17) is 0 Å². The van der Waals surface area contributed by atoms with Crippen molar-refractivity contribution in [2.75, 3.05) is 0 Å². The zero-order valence-corrected chi connectivity index (χ0v) is 13.1. The molecule has 0 spiro atoms. The SMILES string of the molecule is [C-]1=Cc2ccccc2C1C1=CC=CC1.[Cl-].[Cl-].[Zr+3]. The molecule has 1 radical (unpaired) electrons. The Morgan fingerprint density at radius 2 is 1.88 bits per heavy atom. The smallest absolute Gasteiger partial charge is 1.00 e. The van der Waals surface area contributed by atoms with E-state index in [1.54, 1.807) is 0 Å². The van der Waals surface area contributed by atoms with Crippen molar-refractivity contribution in [1.29, 1.82) is 0 Å². The molecule has 0 aromatic heterocycles. The van der Waals surface area contributed by atoms with E-state index in [-0.39, 0.29) is 51.0 Å². The van der Waals surface area contributed by atoms with E-state index >= 15 is 0 Å². The maximum atomic E-state index is 3.43. The van der Waals surface area contributed by atoms with Crippen LogP contribution in [0.4, 0.5) is 0 Å². The van der Waals surface area contributed by atoms with Gasteiger partial charge in [-0.3, -0.25) is 6.08 Å². The zero-order chi connectivity index (χ0) is 9.38. The second-order valence-electron chi connectivity index (χ2n) is 3.75. The largest absolute Gasteiger partial charge is 3.00 e. The fourth-order valence-corrected chi connectivity index (χ4v) is 2.15. The van der Waals surface area contributed by atoms with Gasteiger partial charge in [0.05, 0.1) is 0 Å². The number of halogens is 2. The predicted octanol–water partition coefficient (Wildman–Crippen LogP) is -2.51. The van der Waals surface area contributed by atoms with Gasteiger partial charge in [0.2, 0.25) is 0 Å². The zero-order valence-electron chi connectivity index (χ0n) is 9.16. The molecule has 17 heavy (non-hydrogen) atoms. The molecular formula is C14H11Cl2Zr. The second kappa shape index (κ2) is 7.36. The van der Waals surface area contributed by atoms with E-state index in [9.17, 15) is 0 Å². The molecule has 0 bridgehead atoms. The summed E-state index contributed by atoms with van der Waals surface area (Å²) in [6, 6.07) is 8.55. The maximum Gasteiger partial charge on any atom is 3.00 e. The Morgan fingerprint density at radius 3 is 2.59 bits per heavy atom. The fourth-order valence-electron chi connectivity index (χ4n) is 2.15. The number of hydrogen-bond donors (Lipinski definition) is 0. The quantitative estimate of drug-likeness (QED) is 0.495. The molecule has 0 N–H and O–H groups in total. The van der Waals surface area contributed by atoms with Crippen LogP contribution in [0.1, 0.15) is 23.5 Å². The molecule has 0 nitrogen and oxygen atoms in total. The van der Waals surface area contributed by atoms with Crippen molar-refractivity contribution in [3.05, 3.63) is 65.3 Å². The number of benzene rings is 1. The van der Waals surface area contributed by atoms with Crippen LogP contribution in [0.15, 0.2) is 48.1 Å². The minimum atomic E-state index is 0. The predicted molar refractivity (Wildman–Crippen MR) is 58.7 cm³/mol. The third kappa shape index (κ3) is 3.22. The van der Waals surface area contributed by atoms with E-state index in [2.05, 4.69) is 54.6 Å². The van der Waals surface area contributed by atoms with Crippen molar-refractivity contribution in [1.82, 2.24) is 0 Å². The third-order valence-electron chi connectivity index (χ3n) is 2.88. The first-order valence-corrected chi connectivity index (χ1v) is 4.99. The first-order valence-electron chi connectivity index (χ1n) is 4.99. The van der Waals surface area contributed by atoms with Gasteiger partial charge < -0.3 is 24.8 Å². The minimum absolute atomic E-state index is 0. The van der Waals surface area contributed by atoms with Gasteiger partial charge in [-0.2, -0.15) is 5.56 Å². The molecule has 3 rings (SSSR count). The van der Waals surface area contributed by atoms with E-state index in [0.717, 1.165) is 6.42 Å². The Labute approximate surface area is 134 Å². The van der Waals surface area contributed by atoms with E-state index in [1.165, 1.54) is 16.7 Å². The molecule has 0 saturated carbocycles. The maximum absolute atomic E-state index is 3.43. The molecule has 1 aromatic rings. The van der Waals surface area contributed by atoms with Crippen LogP contribution >= 0.6 is 0 Å². The van der Waals surface area contributed by atoms with Gasteiger partial charge in [-0.1, -0.05) is 47.9 Å². The van der Waals surface area contributed by atoms with E-state index in [0.29, 0.717) is 5.92 Å². The van der Waals surface area contributed by atoms with Crippen molar-refractivity contribution >= 4 is 6.08 Å². The van der Waals surface area contributed by atoms with Crippen LogP contribution in [0.5, 0.6) is 0 Å². The van der Waals surface area contributed by atoms with Crippen LogP contribution in [0.3, 0.4) is 0 Å². The standard InChI is InChI=1S/C14H11.2ClH.Zr/c1-2-6-11(5-1)14-10-9-12-7-3-4-8-13(12)14;;;/h1-5,7-9,14H,6H2;2*1H;/q-1;;;+3/p-2. The van der Waals surface area contributed by atoms with E-state index in [1.807, 2.05) is 0 Å². The molecule has 0 aliphatic heterocycles. The molecule has 2 aliphatic carbocycles. The Kier molecular flexibility index (Phi) is 7.32. The van der Waals surface area contributed by atoms with Crippen molar-refractivity contribution in [3.8, 4) is 0 Å². The second-order valence-corrected chi connectivity index (χ2v) is 3.75. The summed E-state index contributed by atoms with van der Waals surface area (Å²) in [5.74, 6) is 0.404. The summed E-state index contributed by atoms with van der Waals surface area (Å²) in [6.45, 7) is 0. The summed E-state index contributed by atoms with van der Waals surface area (Å²) >= 11 is 0. The third-order valence-corrected chi connectivity index (χ3v) is 2.88. The molecule has 0 amide bonds. The molecule has 85 valence electrons. The van der Waals surface area contributed by atoms with Crippen LogP contribution < -0.4 is 24.8 Å².